The molecular weight excluding hydrogens is 560 g/mol. The minimum absolute atomic E-state index is 0.00396. The molecule has 0 unspecified atom stereocenters. The fourth-order valence-electron chi connectivity index (χ4n) is 4.61. The third kappa shape index (κ3) is 7.01. The summed E-state index contributed by atoms with van der Waals surface area (Å²) < 4.78 is 39.4. The first-order chi connectivity index (χ1) is 20.0. The molecule has 42 heavy (non-hydrogen) atoms. The van der Waals surface area contributed by atoms with Gasteiger partial charge in [-0.3, -0.25) is 4.79 Å². The van der Waals surface area contributed by atoms with E-state index in [1.165, 1.54) is 36.7 Å². The van der Waals surface area contributed by atoms with Gasteiger partial charge in [0.2, 0.25) is 10.0 Å². The summed E-state index contributed by atoms with van der Waals surface area (Å²) >= 11 is 0. The summed E-state index contributed by atoms with van der Waals surface area (Å²) in [6.07, 6.45) is -0.636. The summed E-state index contributed by atoms with van der Waals surface area (Å²) in [5, 5.41) is 15.4. The summed E-state index contributed by atoms with van der Waals surface area (Å²) in [6, 6.07) is 18.8. The van der Waals surface area contributed by atoms with Crippen LogP contribution in [0.2, 0.25) is 0 Å². The molecule has 0 bridgehead atoms. The van der Waals surface area contributed by atoms with Crippen molar-refractivity contribution in [3.63, 3.8) is 0 Å². The fraction of sp³-hybridized carbons (Fsp3) is 0.333. The Kier molecular flexibility index (Phi) is 9.71. The number of carbonyl (C=O) groups is 2. The van der Waals surface area contributed by atoms with Gasteiger partial charge in [0.05, 0.1) is 36.8 Å². The number of sulfonamides is 1. The number of benzene rings is 3. The Morgan fingerprint density at radius 1 is 1.10 bits per heavy atom. The lowest BCUT2D eigenvalue weighted by Crippen LogP contribution is -2.50. The number of urea groups is 1. The Bertz CT molecular complexity index is 1500. The number of hydrogen-bond acceptors (Lipinski definition) is 7. The first kappa shape index (κ1) is 30.8. The normalized spacial score (nSPS) is 17.9. The van der Waals surface area contributed by atoms with E-state index < -0.39 is 28.2 Å². The second-order valence-electron chi connectivity index (χ2n) is 10.2. The zero-order valence-corrected chi connectivity index (χ0v) is 24.8. The van der Waals surface area contributed by atoms with Crippen molar-refractivity contribution in [1.29, 1.82) is 0 Å². The molecule has 3 aromatic rings. The molecular formula is C30H36N4O7S. The molecule has 0 spiro atoms. The highest BCUT2D eigenvalue weighted by Crippen LogP contribution is 2.31. The molecule has 1 aliphatic rings. The number of rotatable bonds is 9. The molecule has 4 rings (SSSR count). The summed E-state index contributed by atoms with van der Waals surface area (Å²) in [5.41, 5.74) is 1.15. The maximum Gasteiger partial charge on any atom is 0.323 e. The number of aliphatic hydroxyl groups excluding tert-OH is 1. The number of fused-ring (bicyclic) bond motifs is 1. The monoisotopic (exact) mass is 596 g/mol. The minimum atomic E-state index is -3.85. The second kappa shape index (κ2) is 13.2. The highest BCUT2D eigenvalue weighted by Gasteiger charge is 2.35. The molecule has 3 atom stereocenters. The van der Waals surface area contributed by atoms with Crippen molar-refractivity contribution >= 4 is 33.3 Å². The number of nitrogens with zero attached hydrogens (tertiary/aromatic N) is 2. The standard InChI is InChI=1S/C30H36N4O7S/c1-20-17-34(21(2)19-35)29(36)26-16-23(32-30(37)31-22-8-6-5-7-9-22)10-15-27(26)41-28(20)18-33(3)42(38,39)25-13-11-24(40-4)12-14-25/h5-16,20-21,28,35H,17-19H2,1-4H3,(H2,31,32,37)/t20-,21-,28-/m1/s1. The van der Waals surface area contributed by atoms with E-state index in [1.54, 1.807) is 60.4 Å². The number of amides is 3. The highest BCUT2D eigenvalue weighted by molar-refractivity contribution is 7.89. The number of methoxy groups -OCH3 is 1. The molecule has 0 radical (unpaired) electrons. The van der Waals surface area contributed by atoms with Gasteiger partial charge in [-0.05, 0) is 61.5 Å². The van der Waals surface area contributed by atoms with Gasteiger partial charge in [-0.1, -0.05) is 25.1 Å². The van der Waals surface area contributed by atoms with Gasteiger partial charge >= 0.3 is 6.03 Å². The lowest BCUT2D eigenvalue weighted by atomic mass is 9.99. The maximum atomic E-state index is 13.7. The van der Waals surface area contributed by atoms with Gasteiger partial charge in [-0.2, -0.15) is 4.31 Å². The molecule has 1 heterocycles. The predicted molar refractivity (Wildman–Crippen MR) is 159 cm³/mol. The van der Waals surface area contributed by atoms with Gasteiger partial charge in [-0.25, -0.2) is 13.2 Å². The van der Waals surface area contributed by atoms with Gasteiger partial charge in [0, 0.05) is 30.9 Å². The smallest absolute Gasteiger partial charge is 0.323 e. The Morgan fingerprint density at radius 2 is 1.76 bits per heavy atom. The van der Waals surface area contributed by atoms with Crippen molar-refractivity contribution < 1.29 is 32.6 Å². The van der Waals surface area contributed by atoms with Gasteiger partial charge in [0.1, 0.15) is 17.6 Å². The number of carbonyl (C=O) groups excluding carboxylic acids is 2. The van der Waals surface area contributed by atoms with E-state index in [2.05, 4.69) is 10.6 Å². The zero-order chi connectivity index (χ0) is 30.4. The topological polar surface area (TPSA) is 138 Å². The van der Waals surface area contributed by atoms with Crippen molar-refractivity contribution in [2.24, 2.45) is 5.92 Å². The largest absolute Gasteiger partial charge is 0.497 e. The van der Waals surface area contributed by atoms with Crippen LogP contribution >= 0.6 is 0 Å². The average Bonchev–Trinajstić information content (AvgIpc) is 2.99. The Labute approximate surface area is 246 Å². The van der Waals surface area contributed by atoms with Crippen molar-refractivity contribution in [2.45, 2.75) is 30.9 Å². The van der Waals surface area contributed by atoms with Crippen LogP contribution in [0.1, 0.15) is 24.2 Å². The van der Waals surface area contributed by atoms with E-state index in [4.69, 9.17) is 9.47 Å². The number of para-hydroxylation sites is 1. The Balaban J connectivity index is 1.61. The molecule has 3 aromatic carbocycles. The van der Waals surface area contributed by atoms with Crippen molar-refractivity contribution in [2.75, 3.05) is 44.5 Å². The maximum absolute atomic E-state index is 13.7. The number of nitrogens with one attached hydrogen (secondary N) is 2. The van der Waals surface area contributed by atoms with Crippen LogP contribution in [-0.4, -0.2) is 80.7 Å². The number of ether oxygens (including phenoxy) is 2. The van der Waals surface area contributed by atoms with E-state index in [0.29, 0.717) is 17.1 Å². The van der Waals surface area contributed by atoms with Crippen LogP contribution in [0.25, 0.3) is 0 Å². The van der Waals surface area contributed by atoms with Crippen LogP contribution in [0.3, 0.4) is 0 Å². The van der Waals surface area contributed by atoms with Gasteiger partial charge in [0.25, 0.3) is 5.91 Å². The van der Waals surface area contributed by atoms with Crippen LogP contribution in [0.4, 0.5) is 16.2 Å². The van der Waals surface area contributed by atoms with Gasteiger partial charge in [-0.15, -0.1) is 0 Å². The molecule has 1 aliphatic heterocycles. The van der Waals surface area contributed by atoms with Crippen LogP contribution in [0.15, 0.2) is 77.7 Å². The van der Waals surface area contributed by atoms with Crippen molar-refractivity contribution in [3.05, 3.63) is 78.4 Å². The quantitative estimate of drug-likeness (QED) is 0.341. The van der Waals surface area contributed by atoms with Crippen LogP contribution in [0.5, 0.6) is 11.5 Å². The van der Waals surface area contributed by atoms with Crippen LogP contribution in [0, 0.1) is 5.92 Å². The molecule has 3 N–H and O–H groups in total. The zero-order valence-electron chi connectivity index (χ0n) is 24.0. The molecule has 0 fully saturated rings. The second-order valence-corrected chi connectivity index (χ2v) is 12.3. The molecule has 0 saturated carbocycles. The predicted octanol–water partition coefficient (Wildman–Crippen LogP) is 3.88. The third-order valence-corrected chi connectivity index (χ3v) is 9.00. The number of hydrogen-bond donors (Lipinski definition) is 3. The number of aliphatic hydroxyl groups is 1. The molecule has 0 aliphatic carbocycles. The summed E-state index contributed by atoms with van der Waals surface area (Å²) in [5.74, 6) is 0.123. The summed E-state index contributed by atoms with van der Waals surface area (Å²) in [4.78, 5) is 27.9. The Morgan fingerprint density at radius 3 is 2.40 bits per heavy atom. The molecule has 11 nitrogen and oxygen atoms in total. The lowest BCUT2D eigenvalue weighted by Gasteiger charge is -2.38. The van der Waals surface area contributed by atoms with E-state index in [0.717, 1.165) is 0 Å². The Hall–Kier alpha value is -4.13. The van der Waals surface area contributed by atoms with Crippen LogP contribution < -0.4 is 20.1 Å². The molecule has 0 saturated heterocycles. The van der Waals surface area contributed by atoms with Gasteiger partial charge in [0.15, 0.2) is 0 Å². The van der Waals surface area contributed by atoms with E-state index in [9.17, 15) is 23.1 Å². The molecule has 0 aromatic heterocycles. The molecule has 224 valence electrons. The highest BCUT2D eigenvalue weighted by atomic mass is 32.2. The third-order valence-electron chi connectivity index (χ3n) is 7.16. The first-order valence-electron chi connectivity index (χ1n) is 13.5. The summed E-state index contributed by atoms with van der Waals surface area (Å²) in [7, 11) is -0.870. The fourth-order valence-corrected chi connectivity index (χ4v) is 5.80. The SMILES string of the molecule is COc1ccc(S(=O)(=O)N(C)C[C@H]2Oc3ccc(NC(=O)Nc4ccccc4)cc3C(=O)N([C@H](C)CO)C[C@H]2C)cc1. The van der Waals surface area contributed by atoms with Gasteiger partial charge < -0.3 is 30.1 Å². The van der Waals surface area contributed by atoms with Crippen molar-refractivity contribution in [3.8, 4) is 11.5 Å². The molecule has 3 amide bonds. The minimum Gasteiger partial charge on any atom is -0.497 e. The number of likely N-dealkylation sites (N-methyl/N-ethyl adjacent to an activating group) is 1. The van der Waals surface area contributed by atoms with E-state index >= 15 is 0 Å². The lowest BCUT2D eigenvalue weighted by molar-refractivity contribution is 0.0387. The van der Waals surface area contributed by atoms with Crippen LogP contribution in [-0.2, 0) is 10.0 Å². The molecule has 12 heteroatoms. The average molecular weight is 597 g/mol. The first-order valence-corrected chi connectivity index (χ1v) is 14.9. The number of anilines is 2. The van der Waals surface area contributed by atoms with E-state index in [1.807, 2.05) is 13.0 Å². The van der Waals surface area contributed by atoms with Crippen molar-refractivity contribution in [1.82, 2.24) is 9.21 Å². The summed E-state index contributed by atoms with van der Waals surface area (Å²) in [6.45, 7) is 3.56. The van der Waals surface area contributed by atoms with E-state index in [-0.39, 0.29) is 47.7 Å².